The minimum Gasteiger partial charge on any atom is -0.453 e. The SMILES string of the molecule is CC(=O)N1CCC(c2cccc(F)c2Cl)CC1.COC(=O)N1CCc2cn[nH]c2C1. The number of nitrogens with one attached hydrogen (secondary N) is 1. The van der Waals surface area contributed by atoms with E-state index in [0.29, 0.717) is 13.1 Å². The van der Waals surface area contributed by atoms with Crippen LogP contribution in [-0.2, 0) is 22.5 Å². The van der Waals surface area contributed by atoms with Gasteiger partial charge in [0, 0.05) is 26.6 Å². The number of piperidine rings is 1. The van der Waals surface area contributed by atoms with E-state index in [0.717, 1.165) is 43.6 Å². The molecule has 2 aliphatic rings. The summed E-state index contributed by atoms with van der Waals surface area (Å²) in [7, 11) is 1.39. The van der Waals surface area contributed by atoms with Crippen LogP contribution in [0.25, 0.3) is 0 Å². The first kappa shape index (κ1) is 22.1. The molecule has 0 unspecified atom stereocenters. The van der Waals surface area contributed by atoms with E-state index in [1.165, 1.54) is 18.7 Å². The topological polar surface area (TPSA) is 78.5 Å². The molecule has 162 valence electrons. The molecule has 0 saturated carbocycles. The van der Waals surface area contributed by atoms with Gasteiger partial charge in [0.05, 0.1) is 30.6 Å². The Hall–Kier alpha value is -2.61. The van der Waals surface area contributed by atoms with Crippen molar-refractivity contribution in [1.29, 1.82) is 0 Å². The summed E-state index contributed by atoms with van der Waals surface area (Å²) in [6, 6.07) is 4.93. The minimum atomic E-state index is -0.363. The van der Waals surface area contributed by atoms with Crippen LogP contribution in [0.2, 0.25) is 5.02 Å². The van der Waals surface area contributed by atoms with Crippen molar-refractivity contribution in [3.8, 4) is 0 Å². The van der Waals surface area contributed by atoms with Gasteiger partial charge in [-0.2, -0.15) is 5.10 Å². The van der Waals surface area contributed by atoms with Crippen molar-refractivity contribution in [1.82, 2.24) is 20.0 Å². The van der Waals surface area contributed by atoms with E-state index in [1.807, 2.05) is 17.2 Å². The normalized spacial score (nSPS) is 16.4. The number of aromatic nitrogens is 2. The van der Waals surface area contributed by atoms with Crippen LogP contribution in [0.4, 0.5) is 9.18 Å². The number of aromatic amines is 1. The van der Waals surface area contributed by atoms with Crippen molar-refractivity contribution in [3.63, 3.8) is 0 Å². The Balaban J connectivity index is 0.000000177. The van der Waals surface area contributed by atoms with E-state index in [2.05, 4.69) is 14.9 Å². The highest BCUT2D eigenvalue weighted by atomic mass is 35.5. The zero-order valence-electron chi connectivity index (χ0n) is 17.2. The maximum absolute atomic E-state index is 13.3. The first-order valence-corrected chi connectivity index (χ1v) is 10.3. The monoisotopic (exact) mass is 436 g/mol. The summed E-state index contributed by atoms with van der Waals surface area (Å²) in [6.07, 6.45) is 4.08. The van der Waals surface area contributed by atoms with Crippen LogP contribution in [0.3, 0.4) is 0 Å². The molecule has 0 bridgehead atoms. The van der Waals surface area contributed by atoms with E-state index < -0.39 is 0 Å². The molecule has 7 nitrogen and oxygen atoms in total. The van der Waals surface area contributed by atoms with Crippen LogP contribution in [0.5, 0.6) is 0 Å². The fourth-order valence-corrected chi connectivity index (χ4v) is 4.12. The molecule has 30 heavy (non-hydrogen) atoms. The Morgan fingerprint density at radius 2 is 1.97 bits per heavy atom. The second-order valence-corrected chi connectivity index (χ2v) is 7.82. The minimum absolute atomic E-state index is 0.105. The highest BCUT2D eigenvalue weighted by Crippen LogP contribution is 2.33. The van der Waals surface area contributed by atoms with Gasteiger partial charge in [-0.15, -0.1) is 0 Å². The number of likely N-dealkylation sites (tertiary alicyclic amines) is 1. The largest absolute Gasteiger partial charge is 0.453 e. The molecule has 1 N–H and O–H groups in total. The third kappa shape index (κ3) is 5.11. The van der Waals surface area contributed by atoms with Gasteiger partial charge < -0.3 is 14.5 Å². The molecular formula is C21H26ClFN4O3. The van der Waals surface area contributed by atoms with Gasteiger partial charge in [0.15, 0.2) is 0 Å². The van der Waals surface area contributed by atoms with Crippen molar-refractivity contribution in [2.75, 3.05) is 26.7 Å². The number of carbonyl (C=O) groups is 2. The number of benzene rings is 1. The van der Waals surface area contributed by atoms with Crippen LogP contribution in [0.1, 0.15) is 42.5 Å². The fourth-order valence-electron chi connectivity index (χ4n) is 3.84. The number of ether oxygens (including phenoxy) is 1. The lowest BCUT2D eigenvalue weighted by atomic mass is 9.89. The van der Waals surface area contributed by atoms with Crippen LogP contribution in [-0.4, -0.2) is 58.7 Å². The maximum Gasteiger partial charge on any atom is 0.409 e. The molecule has 1 aromatic heterocycles. The van der Waals surface area contributed by atoms with Gasteiger partial charge in [-0.3, -0.25) is 9.89 Å². The molecule has 2 aliphatic heterocycles. The van der Waals surface area contributed by atoms with Crippen LogP contribution in [0.15, 0.2) is 24.4 Å². The zero-order chi connectivity index (χ0) is 21.7. The molecule has 2 amide bonds. The number of methoxy groups -OCH3 is 1. The predicted octanol–water partition coefficient (Wildman–Crippen LogP) is 3.74. The van der Waals surface area contributed by atoms with E-state index in [1.54, 1.807) is 17.9 Å². The molecule has 0 aliphatic carbocycles. The predicted molar refractivity (Wildman–Crippen MR) is 111 cm³/mol. The second-order valence-electron chi connectivity index (χ2n) is 7.44. The molecule has 1 saturated heterocycles. The number of nitrogens with zero attached hydrogens (tertiary/aromatic N) is 3. The summed E-state index contributed by atoms with van der Waals surface area (Å²) < 4.78 is 18.0. The number of hydrogen-bond donors (Lipinski definition) is 1. The van der Waals surface area contributed by atoms with Crippen molar-refractivity contribution in [2.45, 2.75) is 38.6 Å². The smallest absolute Gasteiger partial charge is 0.409 e. The Labute approximate surface area is 180 Å². The molecule has 1 aromatic carbocycles. The molecule has 0 radical (unpaired) electrons. The number of amides is 2. The van der Waals surface area contributed by atoms with Gasteiger partial charge in [0.1, 0.15) is 5.82 Å². The standard InChI is InChI=1S/C13H15ClFNO.C8H11N3O2/c1-9(17)16-7-5-10(6-8-16)11-3-2-4-12(15)13(11)14;1-13-8(12)11-3-2-6-4-9-10-7(6)5-11/h2-4,10H,5-8H2,1H3;4H,2-3,5H2,1H3,(H,9,10). The second kappa shape index (κ2) is 9.93. The molecule has 0 atom stereocenters. The van der Waals surface area contributed by atoms with Gasteiger partial charge in [-0.25, -0.2) is 9.18 Å². The molecule has 2 aromatic rings. The van der Waals surface area contributed by atoms with Gasteiger partial charge in [-0.1, -0.05) is 23.7 Å². The molecule has 3 heterocycles. The molecule has 0 spiro atoms. The van der Waals surface area contributed by atoms with E-state index in [9.17, 15) is 14.0 Å². The highest BCUT2D eigenvalue weighted by molar-refractivity contribution is 6.31. The zero-order valence-corrected chi connectivity index (χ0v) is 17.9. The molecule has 1 fully saturated rings. The lowest BCUT2D eigenvalue weighted by molar-refractivity contribution is -0.129. The quantitative estimate of drug-likeness (QED) is 0.738. The first-order chi connectivity index (χ1) is 14.4. The Bertz CT molecular complexity index is 896. The van der Waals surface area contributed by atoms with Gasteiger partial charge in [0.25, 0.3) is 0 Å². The average molecular weight is 437 g/mol. The summed E-state index contributed by atoms with van der Waals surface area (Å²) in [6.45, 7) is 4.32. The van der Waals surface area contributed by atoms with Crippen molar-refractivity contribution in [3.05, 3.63) is 52.1 Å². The van der Waals surface area contributed by atoms with Crippen molar-refractivity contribution in [2.24, 2.45) is 0 Å². The van der Waals surface area contributed by atoms with Crippen LogP contribution in [0, 0.1) is 5.82 Å². The Morgan fingerprint density at radius 3 is 2.63 bits per heavy atom. The van der Waals surface area contributed by atoms with E-state index in [4.69, 9.17) is 11.6 Å². The molecule has 4 rings (SSSR count). The first-order valence-electron chi connectivity index (χ1n) is 9.94. The third-order valence-electron chi connectivity index (χ3n) is 5.60. The summed E-state index contributed by atoms with van der Waals surface area (Å²) in [5.41, 5.74) is 3.08. The van der Waals surface area contributed by atoms with Gasteiger partial charge >= 0.3 is 6.09 Å². The lowest BCUT2D eigenvalue weighted by Crippen LogP contribution is -2.36. The molecule has 9 heteroatoms. The summed E-state index contributed by atoms with van der Waals surface area (Å²) in [4.78, 5) is 25.8. The summed E-state index contributed by atoms with van der Waals surface area (Å²) in [5.74, 6) is 0.000698. The number of fused-ring (bicyclic) bond motifs is 1. The summed E-state index contributed by atoms with van der Waals surface area (Å²) in [5, 5.41) is 7.02. The third-order valence-corrected chi connectivity index (χ3v) is 6.00. The molecular weight excluding hydrogens is 411 g/mol. The maximum atomic E-state index is 13.3. The number of halogens is 2. The van der Waals surface area contributed by atoms with Crippen molar-refractivity contribution >= 4 is 23.6 Å². The fraction of sp³-hybridized carbons (Fsp3) is 0.476. The highest BCUT2D eigenvalue weighted by Gasteiger charge is 2.24. The number of hydrogen-bond acceptors (Lipinski definition) is 4. The average Bonchev–Trinajstić information content (AvgIpc) is 3.23. The van der Waals surface area contributed by atoms with Crippen LogP contribution >= 0.6 is 11.6 Å². The van der Waals surface area contributed by atoms with E-state index >= 15 is 0 Å². The Morgan fingerprint density at radius 1 is 1.23 bits per heavy atom. The van der Waals surface area contributed by atoms with Crippen LogP contribution < -0.4 is 0 Å². The summed E-state index contributed by atoms with van der Waals surface area (Å²) >= 11 is 5.97. The van der Waals surface area contributed by atoms with Crippen molar-refractivity contribution < 1.29 is 18.7 Å². The Kier molecular flexibility index (Phi) is 7.31. The number of H-pyrrole nitrogens is 1. The lowest BCUT2D eigenvalue weighted by Gasteiger charge is -2.31. The van der Waals surface area contributed by atoms with Gasteiger partial charge in [-0.05, 0) is 42.4 Å². The van der Waals surface area contributed by atoms with Gasteiger partial charge in [0.2, 0.25) is 5.91 Å². The number of carbonyl (C=O) groups excluding carboxylic acids is 2. The number of rotatable bonds is 1. The van der Waals surface area contributed by atoms with E-state index in [-0.39, 0.29) is 28.8 Å².